The van der Waals surface area contributed by atoms with Gasteiger partial charge in [0.25, 0.3) is 5.89 Å². The third kappa shape index (κ3) is 4.82. The van der Waals surface area contributed by atoms with E-state index in [0.29, 0.717) is 41.7 Å². The van der Waals surface area contributed by atoms with Crippen LogP contribution in [0.3, 0.4) is 0 Å². The van der Waals surface area contributed by atoms with Gasteiger partial charge in [-0.1, -0.05) is 6.07 Å². The molecule has 0 N–H and O–H groups in total. The smallest absolute Gasteiger partial charge is 0.324 e. The molecule has 6 rings (SSSR count). The summed E-state index contributed by atoms with van der Waals surface area (Å²) in [6.45, 7) is 4.15. The van der Waals surface area contributed by atoms with Crippen LogP contribution in [0.4, 0.5) is 23.7 Å². The lowest BCUT2D eigenvalue weighted by Gasteiger charge is -2.43. The van der Waals surface area contributed by atoms with Gasteiger partial charge in [-0.05, 0) is 30.3 Å². The van der Waals surface area contributed by atoms with Crippen molar-refractivity contribution in [3.05, 3.63) is 66.2 Å². The van der Waals surface area contributed by atoms with Crippen molar-refractivity contribution in [2.45, 2.75) is 19.0 Å². The number of urea groups is 1. The van der Waals surface area contributed by atoms with Crippen molar-refractivity contribution in [3.63, 3.8) is 0 Å². The molecule has 0 spiro atoms. The predicted octanol–water partition coefficient (Wildman–Crippen LogP) is 3.60. The van der Waals surface area contributed by atoms with Crippen LogP contribution in [0.15, 0.2) is 53.2 Å². The topological polar surface area (TPSA) is 92.2 Å². The highest BCUT2D eigenvalue weighted by molar-refractivity contribution is 5.92. The first-order chi connectivity index (χ1) is 18.4. The highest BCUT2D eigenvalue weighted by Crippen LogP contribution is 2.26. The van der Waals surface area contributed by atoms with Crippen molar-refractivity contribution < 1.29 is 27.1 Å². The number of anilines is 1. The summed E-state index contributed by atoms with van der Waals surface area (Å²) in [5, 5.41) is 7.04. The fourth-order valence-electron chi connectivity index (χ4n) is 4.64. The maximum absolute atomic E-state index is 14.1. The quantitative estimate of drug-likeness (QED) is 0.378. The van der Waals surface area contributed by atoms with Gasteiger partial charge in [0.15, 0.2) is 0 Å². The minimum atomic E-state index is -2.86. The van der Waals surface area contributed by atoms with Crippen molar-refractivity contribution in [3.8, 4) is 11.5 Å². The number of hydrogen-bond acceptors (Lipinski definition) is 7. The molecule has 2 aliphatic rings. The number of rotatable bonds is 6. The van der Waals surface area contributed by atoms with Crippen LogP contribution in [-0.4, -0.2) is 80.8 Å². The van der Waals surface area contributed by atoms with Gasteiger partial charge in [0.1, 0.15) is 11.5 Å². The van der Waals surface area contributed by atoms with E-state index in [1.165, 1.54) is 17.0 Å². The monoisotopic (exact) mass is 527 g/mol. The van der Waals surface area contributed by atoms with Crippen LogP contribution >= 0.6 is 0 Å². The second-order valence-corrected chi connectivity index (χ2v) is 9.22. The number of imidazole rings is 1. The van der Waals surface area contributed by atoms with E-state index in [1.807, 2.05) is 0 Å². The summed E-state index contributed by atoms with van der Waals surface area (Å²) in [5.74, 6) is -1.25. The molecule has 4 aromatic rings. The summed E-state index contributed by atoms with van der Waals surface area (Å²) < 4.78 is 51.8. The first-order valence-corrected chi connectivity index (χ1v) is 12.2. The van der Waals surface area contributed by atoms with E-state index >= 15 is 0 Å². The number of carbonyl (C=O) groups excluding carboxylic acids is 1. The molecule has 0 aliphatic carbocycles. The molecule has 2 amide bonds. The van der Waals surface area contributed by atoms with E-state index in [0.717, 1.165) is 26.3 Å². The Morgan fingerprint density at radius 1 is 1.11 bits per heavy atom. The number of aromatic nitrogens is 4. The summed E-state index contributed by atoms with van der Waals surface area (Å²) >= 11 is 0. The molecule has 13 heteroatoms. The third-order valence-corrected chi connectivity index (χ3v) is 6.78. The number of hydrogen-bond donors (Lipinski definition) is 0. The summed E-state index contributed by atoms with van der Waals surface area (Å²) in [6, 6.07) is 9.35. The van der Waals surface area contributed by atoms with E-state index < -0.39 is 18.1 Å². The summed E-state index contributed by atoms with van der Waals surface area (Å²) in [6.07, 6.45) is 0.580. The highest BCUT2D eigenvalue weighted by atomic mass is 19.3. The third-order valence-electron chi connectivity index (χ3n) is 6.78. The minimum absolute atomic E-state index is 0.0449. The van der Waals surface area contributed by atoms with Crippen LogP contribution in [-0.2, 0) is 11.3 Å². The maximum atomic E-state index is 14.1. The predicted molar refractivity (Wildman–Crippen MR) is 129 cm³/mol. The standard InChI is InChI=1S/C25H24F3N7O3/c26-17-2-1-3-19(11-17)35(25(36)33-8-6-32(7-9-33)20-14-37-15-20)13-18-12-34-5-4-16(10-21(34)29-18)23-30-31-24(38-23)22(27)28/h1-5,10-12,20,22H,6-9,13-15H2. The van der Waals surface area contributed by atoms with Gasteiger partial charge in [-0.25, -0.2) is 14.2 Å². The Kier molecular flexibility index (Phi) is 6.45. The van der Waals surface area contributed by atoms with E-state index in [4.69, 9.17) is 9.15 Å². The fourth-order valence-corrected chi connectivity index (χ4v) is 4.64. The van der Waals surface area contributed by atoms with Crippen LogP contribution < -0.4 is 4.90 Å². The Balaban J connectivity index is 1.24. The van der Waals surface area contributed by atoms with Gasteiger partial charge in [-0.3, -0.25) is 9.80 Å². The van der Waals surface area contributed by atoms with Crippen molar-refractivity contribution in [1.29, 1.82) is 0 Å². The van der Waals surface area contributed by atoms with Gasteiger partial charge in [-0.2, -0.15) is 8.78 Å². The molecule has 198 valence electrons. The Morgan fingerprint density at radius 3 is 2.61 bits per heavy atom. The number of fused-ring (bicyclic) bond motifs is 1. The van der Waals surface area contributed by atoms with Crippen molar-refractivity contribution in [1.82, 2.24) is 29.4 Å². The Hall–Kier alpha value is -3.97. The zero-order chi connectivity index (χ0) is 26.2. The lowest BCUT2D eigenvalue weighted by Crippen LogP contribution is -2.59. The average Bonchev–Trinajstić information content (AvgIpc) is 3.53. The van der Waals surface area contributed by atoms with Gasteiger partial charge in [0, 0.05) is 49.8 Å². The number of ether oxygens (including phenoxy) is 1. The molecule has 0 atom stereocenters. The van der Waals surface area contributed by atoms with E-state index in [9.17, 15) is 18.0 Å². The molecule has 3 aromatic heterocycles. The van der Waals surface area contributed by atoms with Crippen LogP contribution in [0.25, 0.3) is 17.1 Å². The second kappa shape index (κ2) is 10.1. The van der Waals surface area contributed by atoms with Crippen LogP contribution in [0.1, 0.15) is 18.0 Å². The molecule has 38 heavy (non-hydrogen) atoms. The van der Waals surface area contributed by atoms with E-state index in [2.05, 4.69) is 20.1 Å². The number of pyridine rings is 1. The molecule has 0 radical (unpaired) electrons. The van der Waals surface area contributed by atoms with Gasteiger partial charge in [-0.15, -0.1) is 10.2 Å². The molecule has 2 saturated heterocycles. The number of carbonyl (C=O) groups is 1. The Labute approximate surface area is 215 Å². The molecule has 0 bridgehead atoms. The number of alkyl halides is 2. The number of amides is 2. The molecule has 5 heterocycles. The summed E-state index contributed by atoms with van der Waals surface area (Å²) in [7, 11) is 0. The van der Waals surface area contributed by atoms with E-state index in [1.54, 1.807) is 46.0 Å². The van der Waals surface area contributed by atoms with Gasteiger partial charge < -0.3 is 18.5 Å². The molecule has 2 fully saturated rings. The number of halogens is 3. The molecule has 0 unspecified atom stereocenters. The molecule has 2 aliphatic heterocycles. The van der Waals surface area contributed by atoms with Gasteiger partial charge in [0.2, 0.25) is 5.89 Å². The van der Waals surface area contributed by atoms with Crippen LogP contribution in [0.2, 0.25) is 0 Å². The van der Waals surface area contributed by atoms with Crippen LogP contribution in [0, 0.1) is 5.82 Å². The summed E-state index contributed by atoms with van der Waals surface area (Å²) in [5.41, 5.74) is 1.91. The SMILES string of the molecule is O=C(N1CCN(C2COC2)CC1)N(Cc1cn2ccc(-c3nnc(C(F)F)o3)cc2n1)c1cccc(F)c1. The molecule has 1 aromatic carbocycles. The first-order valence-electron chi connectivity index (χ1n) is 12.2. The summed E-state index contributed by atoms with van der Waals surface area (Å²) in [4.78, 5) is 23.9. The normalized spacial score (nSPS) is 16.8. The largest absolute Gasteiger partial charge is 0.415 e. The lowest BCUT2D eigenvalue weighted by molar-refractivity contribution is -0.0738. The van der Waals surface area contributed by atoms with Crippen molar-refractivity contribution in [2.75, 3.05) is 44.3 Å². The van der Waals surface area contributed by atoms with Gasteiger partial charge >= 0.3 is 12.5 Å². The lowest BCUT2D eigenvalue weighted by atomic mass is 10.2. The maximum Gasteiger partial charge on any atom is 0.324 e. The second-order valence-electron chi connectivity index (χ2n) is 9.22. The molecule has 10 nitrogen and oxygen atoms in total. The van der Waals surface area contributed by atoms with Crippen molar-refractivity contribution in [2.24, 2.45) is 0 Å². The van der Waals surface area contributed by atoms with E-state index in [-0.39, 0.29) is 18.5 Å². The van der Waals surface area contributed by atoms with Crippen LogP contribution in [0.5, 0.6) is 0 Å². The molecular formula is C25H24F3N7O3. The fraction of sp³-hybridized carbons (Fsp3) is 0.360. The molecule has 0 saturated carbocycles. The Bertz CT molecular complexity index is 1450. The zero-order valence-corrected chi connectivity index (χ0v) is 20.2. The first kappa shape index (κ1) is 24.4. The number of nitrogens with zero attached hydrogens (tertiary/aromatic N) is 7. The Morgan fingerprint density at radius 2 is 1.92 bits per heavy atom. The van der Waals surface area contributed by atoms with Crippen molar-refractivity contribution >= 4 is 17.4 Å². The molecular weight excluding hydrogens is 503 g/mol. The number of piperazine rings is 1. The van der Waals surface area contributed by atoms with Gasteiger partial charge in [0.05, 0.1) is 31.5 Å². The number of benzene rings is 1. The highest BCUT2D eigenvalue weighted by Gasteiger charge is 2.32. The minimum Gasteiger partial charge on any atom is -0.415 e. The average molecular weight is 528 g/mol. The zero-order valence-electron chi connectivity index (χ0n) is 20.2.